The van der Waals surface area contributed by atoms with E-state index in [9.17, 15) is 4.79 Å². The van der Waals surface area contributed by atoms with Crippen molar-refractivity contribution >= 4 is 11.6 Å². The van der Waals surface area contributed by atoms with Crippen molar-refractivity contribution in [3.63, 3.8) is 0 Å². The van der Waals surface area contributed by atoms with Gasteiger partial charge in [0.25, 0.3) is 0 Å². The Morgan fingerprint density at radius 1 is 1.23 bits per heavy atom. The van der Waals surface area contributed by atoms with Gasteiger partial charge >= 0.3 is 0 Å². The van der Waals surface area contributed by atoms with Crippen molar-refractivity contribution < 1.29 is 14.3 Å². The monoisotopic (exact) mass is 359 g/mol. The second kappa shape index (κ2) is 10.8. The maximum atomic E-state index is 12.8. The maximum Gasteiger partial charge on any atom is 0.241 e. The van der Waals surface area contributed by atoms with Crippen LogP contribution in [0.2, 0.25) is 0 Å². The van der Waals surface area contributed by atoms with Crippen molar-refractivity contribution in [2.75, 3.05) is 44.3 Å². The second-order valence-electron chi connectivity index (χ2n) is 6.31. The molecule has 0 bridgehead atoms. The fraction of sp³-hybridized carbons (Fsp3) is 0.600. The predicted molar refractivity (Wildman–Crippen MR) is 101 cm³/mol. The second-order valence-corrected chi connectivity index (χ2v) is 6.31. The molecule has 1 aromatic carbocycles. The number of hydrogen-bond acceptors (Lipinski definition) is 5. The summed E-state index contributed by atoms with van der Waals surface area (Å²) in [4.78, 5) is 16.7. The first kappa shape index (κ1) is 20.2. The van der Waals surface area contributed by atoms with Crippen molar-refractivity contribution in [1.29, 1.82) is 5.26 Å². The van der Waals surface area contributed by atoms with E-state index in [4.69, 9.17) is 14.7 Å². The molecule has 0 unspecified atom stereocenters. The third-order valence-electron chi connectivity index (χ3n) is 4.50. The number of carbonyl (C=O) groups excluding carboxylic acids is 1. The molecule has 1 saturated heterocycles. The van der Waals surface area contributed by atoms with E-state index in [1.807, 2.05) is 38.1 Å². The van der Waals surface area contributed by atoms with E-state index in [2.05, 4.69) is 11.0 Å². The van der Waals surface area contributed by atoms with Gasteiger partial charge in [0, 0.05) is 31.9 Å². The molecular weight excluding hydrogens is 330 g/mol. The third-order valence-corrected chi connectivity index (χ3v) is 4.50. The molecule has 1 fully saturated rings. The summed E-state index contributed by atoms with van der Waals surface area (Å²) in [5, 5.41) is 8.93. The van der Waals surface area contributed by atoms with Crippen molar-refractivity contribution in [2.24, 2.45) is 0 Å². The summed E-state index contributed by atoms with van der Waals surface area (Å²) in [7, 11) is 0. The molecule has 26 heavy (non-hydrogen) atoms. The number of benzene rings is 1. The lowest BCUT2D eigenvalue weighted by Crippen LogP contribution is -2.45. The van der Waals surface area contributed by atoms with Crippen LogP contribution in [0, 0.1) is 11.3 Å². The molecule has 1 aliphatic rings. The van der Waals surface area contributed by atoms with E-state index < -0.39 is 0 Å². The molecule has 0 spiro atoms. The zero-order valence-corrected chi connectivity index (χ0v) is 15.8. The van der Waals surface area contributed by atoms with Crippen LogP contribution in [-0.2, 0) is 9.53 Å². The lowest BCUT2D eigenvalue weighted by Gasteiger charge is -2.33. The van der Waals surface area contributed by atoms with E-state index in [-0.39, 0.29) is 5.91 Å². The summed E-state index contributed by atoms with van der Waals surface area (Å²) in [6.07, 6.45) is 2.54. The zero-order chi connectivity index (χ0) is 18.8. The highest BCUT2D eigenvalue weighted by Gasteiger charge is 2.23. The number of nitriles is 1. The Morgan fingerprint density at radius 2 is 1.92 bits per heavy atom. The van der Waals surface area contributed by atoms with Crippen LogP contribution in [0.5, 0.6) is 5.75 Å². The highest BCUT2D eigenvalue weighted by Crippen LogP contribution is 2.21. The number of hydrogen-bond donors (Lipinski definition) is 0. The molecular formula is C20H29N3O3. The van der Waals surface area contributed by atoms with Gasteiger partial charge in [-0.25, -0.2) is 0 Å². The SMILES string of the molecule is CCOc1ccc(N(CCC#N)C(=O)CN2CCC(OCC)CC2)cc1. The summed E-state index contributed by atoms with van der Waals surface area (Å²) in [5.74, 6) is 0.807. The molecule has 142 valence electrons. The van der Waals surface area contributed by atoms with Crippen LogP contribution in [-0.4, -0.2) is 56.3 Å². The molecule has 1 aliphatic heterocycles. The molecule has 0 saturated carbocycles. The van der Waals surface area contributed by atoms with Crippen LogP contribution in [0.25, 0.3) is 0 Å². The standard InChI is InChI=1S/C20H29N3O3/c1-3-25-18-8-6-17(7-9-18)23(13-5-12-21)20(24)16-22-14-10-19(11-15-22)26-4-2/h6-9,19H,3-5,10-11,13-16H2,1-2H3. The van der Waals surface area contributed by atoms with Gasteiger partial charge in [-0.05, 0) is 51.0 Å². The minimum absolute atomic E-state index is 0.0271. The van der Waals surface area contributed by atoms with Gasteiger partial charge in [0.15, 0.2) is 0 Å². The van der Waals surface area contributed by atoms with Crippen molar-refractivity contribution in [2.45, 2.75) is 39.2 Å². The molecule has 2 rings (SSSR count). The number of amides is 1. The molecule has 6 nitrogen and oxygen atoms in total. The molecule has 0 radical (unpaired) electrons. The fourth-order valence-electron chi connectivity index (χ4n) is 3.19. The minimum atomic E-state index is 0.0271. The van der Waals surface area contributed by atoms with Crippen LogP contribution in [0.3, 0.4) is 0 Å². The smallest absolute Gasteiger partial charge is 0.241 e. The molecule has 6 heteroatoms. The summed E-state index contributed by atoms with van der Waals surface area (Å²) in [6.45, 7) is 7.80. The number of nitrogens with zero attached hydrogens (tertiary/aromatic N) is 3. The van der Waals surface area contributed by atoms with Crippen LogP contribution < -0.4 is 9.64 Å². The van der Waals surface area contributed by atoms with E-state index in [0.29, 0.717) is 32.2 Å². The lowest BCUT2D eigenvalue weighted by molar-refractivity contribution is -0.120. The Labute approximate surface area is 156 Å². The molecule has 0 aliphatic carbocycles. The average Bonchev–Trinajstić information content (AvgIpc) is 2.65. The first-order chi connectivity index (χ1) is 12.7. The molecule has 0 N–H and O–H groups in total. The average molecular weight is 359 g/mol. The summed E-state index contributed by atoms with van der Waals surface area (Å²) in [6, 6.07) is 9.60. The largest absolute Gasteiger partial charge is 0.494 e. The van der Waals surface area contributed by atoms with E-state index in [1.165, 1.54) is 0 Å². The quantitative estimate of drug-likeness (QED) is 0.678. The number of likely N-dealkylation sites (tertiary alicyclic amines) is 1. The number of anilines is 1. The van der Waals surface area contributed by atoms with Gasteiger partial charge in [-0.1, -0.05) is 0 Å². The van der Waals surface area contributed by atoms with Crippen LogP contribution >= 0.6 is 0 Å². The first-order valence-electron chi connectivity index (χ1n) is 9.42. The Bertz CT molecular complexity index is 589. The summed E-state index contributed by atoms with van der Waals surface area (Å²) in [5.41, 5.74) is 0.804. The van der Waals surface area contributed by atoms with Gasteiger partial charge in [0.05, 0.1) is 31.7 Å². The van der Waals surface area contributed by atoms with Crippen molar-refractivity contribution in [3.8, 4) is 11.8 Å². The van der Waals surface area contributed by atoms with Gasteiger partial charge in [0.2, 0.25) is 5.91 Å². The van der Waals surface area contributed by atoms with E-state index >= 15 is 0 Å². The van der Waals surface area contributed by atoms with Gasteiger partial charge in [0.1, 0.15) is 5.75 Å². The molecule has 0 atom stereocenters. The Morgan fingerprint density at radius 3 is 2.50 bits per heavy atom. The third kappa shape index (κ3) is 6.01. The normalized spacial score (nSPS) is 15.4. The topological polar surface area (TPSA) is 65.8 Å². The number of rotatable bonds is 9. The van der Waals surface area contributed by atoms with Crippen molar-refractivity contribution in [3.05, 3.63) is 24.3 Å². The van der Waals surface area contributed by atoms with Gasteiger partial charge in [-0.2, -0.15) is 5.26 Å². The number of ether oxygens (including phenoxy) is 2. The number of carbonyl (C=O) groups is 1. The molecule has 1 amide bonds. The first-order valence-corrected chi connectivity index (χ1v) is 9.42. The lowest BCUT2D eigenvalue weighted by atomic mass is 10.1. The highest BCUT2D eigenvalue weighted by atomic mass is 16.5. The van der Waals surface area contributed by atoms with Crippen LogP contribution in [0.15, 0.2) is 24.3 Å². The Kier molecular flexibility index (Phi) is 8.39. The van der Waals surface area contributed by atoms with Gasteiger partial charge in [-0.15, -0.1) is 0 Å². The van der Waals surface area contributed by atoms with Crippen LogP contribution in [0.4, 0.5) is 5.69 Å². The number of piperidine rings is 1. The Balaban J connectivity index is 1.97. The van der Waals surface area contributed by atoms with E-state index in [1.54, 1.807) is 4.90 Å². The maximum absolute atomic E-state index is 12.8. The predicted octanol–water partition coefficient (Wildman–Crippen LogP) is 2.83. The molecule has 1 aromatic rings. The van der Waals surface area contributed by atoms with Gasteiger partial charge in [-0.3, -0.25) is 9.69 Å². The summed E-state index contributed by atoms with van der Waals surface area (Å²) >= 11 is 0. The molecule has 1 heterocycles. The highest BCUT2D eigenvalue weighted by molar-refractivity contribution is 5.94. The fourth-order valence-corrected chi connectivity index (χ4v) is 3.19. The Hall–Kier alpha value is -2.10. The van der Waals surface area contributed by atoms with Gasteiger partial charge < -0.3 is 14.4 Å². The minimum Gasteiger partial charge on any atom is -0.494 e. The zero-order valence-electron chi connectivity index (χ0n) is 15.8. The molecule has 0 aromatic heterocycles. The summed E-state index contributed by atoms with van der Waals surface area (Å²) < 4.78 is 11.1. The van der Waals surface area contributed by atoms with Crippen LogP contribution in [0.1, 0.15) is 33.1 Å². The van der Waals surface area contributed by atoms with Crippen molar-refractivity contribution in [1.82, 2.24) is 4.90 Å². The van der Waals surface area contributed by atoms with E-state index in [0.717, 1.165) is 44.0 Å².